The van der Waals surface area contributed by atoms with Crippen LogP contribution in [0.4, 0.5) is 0 Å². The Morgan fingerprint density at radius 3 is 2.40 bits per heavy atom. The molecule has 144 valence electrons. The molecule has 4 aliphatic carbocycles. The molecular formula is C24H42O. The highest BCUT2D eigenvalue weighted by atomic mass is 16.2. The number of hydrogen-bond acceptors (Lipinski definition) is 1. The maximum atomic E-state index is 9.15. The van der Waals surface area contributed by atoms with E-state index in [9.17, 15) is 0 Å². The number of hydrogen-bond donors (Lipinski definition) is 1. The standard InChI is InChI=1S/C24H42O/c1-17-11-13-24(3)19(16-17)7-9-20-21-10-8-18(6-4-5-15-25)23(21,2)14-12-22(20)24/h17-22,25H,4-16H2,1-3H3/t17?,18-,19+,20?,21?,22?,23+,24-/m0/s1. The summed E-state index contributed by atoms with van der Waals surface area (Å²) in [5.74, 6) is 6.04. The van der Waals surface area contributed by atoms with E-state index in [2.05, 4.69) is 20.8 Å². The third-order valence-corrected chi connectivity index (χ3v) is 10.1. The molecule has 1 nitrogen and oxygen atoms in total. The SMILES string of the molecule is CC1CC[C@]2(C)C3CC[C@@]4(C)C(CC[C@@H]4CCCCO)C3CC[C@@H]2C1. The third kappa shape index (κ3) is 2.91. The van der Waals surface area contributed by atoms with E-state index in [0.717, 1.165) is 41.9 Å². The first-order valence-corrected chi connectivity index (χ1v) is 11.6. The number of aliphatic hydroxyl groups excluding tert-OH is 1. The number of rotatable bonds is 4. The van der Waals surface area contributed by atoms with Crippen LogP contribution in [0.25, 0.3) is 0 Å². The van der Waals surface area contributed by atoms with Crippen molar-refractivity contribution in [2.24, 2.45) is 46.3 Å². The molecule has 0 amide bonds. The van der Waals surface area contributed by atoms with Crippen molar-refractivity contribution < 1.29 is 5.11 Å². The van der Waals surface area contributed by atoms with Crippen LogP contribution in [0.15, 0.2) is 0 Å². The van der Waals surface area contributed by atoms with Crippen LogP contribution in [0.2, 0.25) is 0 Å². The van der Waals surface area contributed by atoms with Gasteiger partial charge < -0.3 is 5.11 Å². The van der Waals surface area contributed by atoms with E-state index in [1.807, 2.05) is 0 Å². The van der Waals surface area contributed by atoms with Gasteiger partial charge in [-0.15, -0.1) is 0 Å². The van der Waals surface area contributed by atoms with E-state index in [1.165, 1.54) is 64.2 Å². The molecule has 1 N–H and O–H groups in total. The van der Waals surface area contributed by atoms with Crippen molar-refractivity contribution in [3.05, 3.63) is 0 Å². The van der Waals surface area contributed by atoms with Gasteiger partial charge in [0.25, 0.3) is 0 Å². The van der Waals surface area contributed by atoms with Gasteiger partial charge in [-0.2, -0.15) is 0 Å². The zero-order valence-corrected chi connectivity index (χ0v) is 17.1. The van der Waals surface area contributed by atoms with E-state index in [4.69, 9.17) is 5.11 Å². The number of unbranched alkanes of at least 4 members (excludes halogenated alkanes) is 1. The van der Waals surface area contributed by atoms with Crippen LogP contribution in [0, 0.1) is 46.3 Å². The summed E-state index contributed by atoms with van der Waals surface area (Å²) in [6.45, 7) is 8.26. The molecule has 8 atom stereocenters. The van der Waals surface area contributed by atoms with Crippen LogP contribution in [0.3, 0.4) is 0 Å². The highest BCUT2D eigenvalue weighted by Crippen LogP contribution is 2.68. The van der Waals surface area contributed by atoms with Gasteiger partial charge in [0.05, 0.1) is 0 Å². The Hall–Kier alpha value is -0.0400. The van der Waals surface area contributed by atoms with Gasteiger partial charge in [0.2, 0.25) is 0 Å². The highest BCUT2D eigenvalue weighted by Gasteiger charge is 2.59. The maximum absolute atomic E-state index is 9.15. The largest absolute Gasteiger partial charge is 0.396 e. The lowest BCUT2D eigenvalue weighted by atomic mass is 9.44. The summed E-state index contributed by atoms with van der Waals surface area (Å²) < 4.78 is 0. The summed E-state index contributed by atoms with van der Waals surface area (Å²) in [5.41, 5.74) is 1.30. The molecule has 0 heterocycles. The van der Waals surface area contributed by atoms with Gasteiger partial charge in [0, 0.05) is 6.61 Å². The number of aliphatic hydroxyl groups is 1. The minimum absolute atomic E-state index is 0.385. The first-order chi connectivity index (χ1) is 12.0. The van der Waals surface area contributed by atoms with Gasteiger partial charge in [-0.25, -0.2) is 0 Å². The molecule has 4 unspecified atom stereocenters. The zero-order chi connectivity index (χ0) is 17.7. The van der Waals surface area contributed by atoms with Crippen molar-refractivity contribution in [3.8, 4) is 0 Å². The molecule has 0 aromatic rings. The molecule has 0 bridgehead atoms. The van der Waals surface area contributed by atoms with Crippen LogP contribution in [0.1, 0.15) is 97.8 Å². The van der Waals surface area contributed by atoms with Crippen molar-refractivity contribution in [2.75, 3.05) is 6.61 Å². The monoisotopic (exact) mass is 346 g/mol. The lowest BCUT2D eigenvalue weighted by Gasteiger charge is -2.61. The lowest BCUT2D eigenvalue weighted by molar-refractivity contribution is -0.117. The van der Waals surface area contributed by atoms with E-state index in [1.54, 1.807) is 6.42 Å². The predicted molar refractivity (Wildman–Crippen MR) is 105 cm³/mol. The van der Waals surface area contributed by atoms with Gasteiger partial charge in [0.15, 0.2) is 0 Å². The molecule has 0 aromatic carbocycles. The molecule has 4 fully saturated rings. The Labute approximate surface area is 156 Å². The van der Waals surface area contributed by atoms with Crippen molar-refractivity contribution >= 4 is 0 Å². The van der Waals surface area contributed by atoms with Gasteiger partial charge in [-0.3, -0.25) is 0 Å². The van der Waals surface area contributed by atoms with E-state index < -0.39 is 0 Å². The minimum Gasteiger partial charge on any atom is -0.396 e. The van der Waals surface area contributed by atoms with Gasteiger partial charge in [0.1, 0.15) is 0 Å². The molecule has 0 spiro atoms. The molecule has 4 aliphatic rings. The average molecular weight is 347 g/mol. The van der Waals surface area contributed by atoms with Crippen molar-refractivity contribution in [2.45, 2.75) is 97.8 Å². The molecule has 0 aliphatic heterocycles. The summed E-state index contributed by atoms with van der Waals surface area (Å²) in [4.78, 5) is 0. The fraction of sp³-hybridized carbons (Fsp3) is 1.00. The van der Waals surface area contributed by atoms with Crippen LogP contribution < -0.4 is 0 Å². The van der Waals surface area contributed by atoms with E-state index in [0.29, 0.717) is 17.4 Å². The van der Waals surface area contributed by atoms with Crippen LogP contribution in [0.5, 0.6) is 0 Å². The Bertz CT molecular complexity index is 473. The predicted octanol–water partition coefficient (Wildman–Crippen LogP) is 6.44. The fourth-order valence-electron chi connectivity index (χ4n) is 8.56. The Morgan fingerprint density at radius 1 is 0.840 bits per heavy atom. The molecule has 4 saturated carbocycles. The van der Waals surface area contributed by atoms with Gasteiger partial charge in [-0.1, -0.05) is 33.6 Å². The van der Waals surface area contributed by atoms with Crippen molar-refractivity contribution in [3.63, 3.8) is 0 Å². The molecular weight excluding hydrogens is 304 g/mol. The lowest BCUT2D eigenvalue weighted by Crippen LogP contribution is -2.53. The van der Waals surface area contributed by atoms with Crippen molar-refractivity contribution in [1.29, 1.82) is 0 Å². The fourth-order valence-corrected chi connectivity index (χ4v) is 8.56. The average Bonchev–Trinajstić information content (AvgIpc) is 2.92. The summed E-state index contributed by atoms with van der Waals surface area (Å²) in [6.07, 6.45) is 17.3. The highest BCUT2D eigenvalue weighted by molar-refractivity contribution is 5.08. The molecule has 1 heteroatoms. The Morgan fingerprint density at radius 2 is 1.60 bits per heavy atom. The van der Waals surface area contributed by atoms with E-state index >= 15 is 0 Å². The topological polar surface area (TPSA) is 20.2 Å². The quantitative estimate of drug-likeness (QED) is 0.580. The molecule has 4 rings (SSSR count). The second kappa shape index (κ2) is 6.84. The summed E-state index contributed by atoms with van der Waals surface area (Å²) in [5, 5.41) is 9.15. The Kier molecular flexibility index (Phi) is 5.02. The Balaban J connectivity index is 1.50. The molecule has 0 aromatic heterocycles. The first-order valence-electron chi connectivity index (χ1n) is 11.6. The molecule has 0 radical (unpaired) electrons. The van der Waals surface area contributed by atoms with Gasteiger partial charge in [-0.05, 0) is 111 Å². The first kappa shape index (κ1) is 18.3. The second-order valence-corrected chi connectivity index (χ2v) is 11.1. The summed E-state index contributed by atoms with van der Waals surface area (Å²) in [6, 6.07) is 0. The van der Waals surface area contributed by atoms with Crippen LogP contribution in [-0.2, 0) is 0 Å². The smallest absolute Gasteiger partial charge is 0.0431 e. The van der Waals surface area contributed by atoms with E-state index in [-0.39, 0.29) is 0 Å². The second-order valence-electron chi connectivity index (χ2n) is 11.1. The summed E-state index contributed by atoms with van der Waals surface area (Å²) >= 11 is 0. The molecule has 0 saturated heterocycles. The maximum Gasteiger partial charge on any atom is 0.0431 e. The zero-order valence-electron chi connectivity index (χ0n) is 17.1. The van der Waals surface area contributed by atoms with Crippen molar-refractivity contribution in [1.82, 2.24) is 0 Å². The number of fused-ring (bicyclic) bond motifs is 5. The molecule has 25 heavy (non-hydrogen) atoms. The third-order valence-electron chi connectivity index (χ3n) is 10.1. The van der Waals surface area contributed by atoms with Gasteiger partial charge >= 0.3 is 0 Å². The van der Waals surface area contributed by atoms with Crippen LogP contribution in [-0.4, -0.2) is 11.7 Å². The van der Waals surface area contributed by atoms with Crippen LogP contribution >= 0.6 is 0 Å². The normalized spacial score (nSPS) is 52.3. The summed E-state index contributed by atoms with van der Waals surface area (Å²) in [7, 11) is 0. The minimum atomic E-state index is 0.385.